The van der Waals surface area contributed by atoms with Crippen molar-refractivity contribution < 1.29 is 19.4 Å². The van der Waals surface area contributed by atoms with Crippen molar-refractivity contribution in [1.82, 2.24) is 0 Å². The number of hydrogen-bond donors (Lipinski definition) is 2. The Balaban J connectivity index is 1.12. The molecule has 2 N–H and O–H groups in total. The number of fused-ring (bicyclic) bond motifs is 6. The molecule has 1 aromatic rings. The Labute approximate surface area is 215 Å². The third-order valence-corrected chi connectivity index (χ3v) is 12.2. The number of aliphatic hydroxyl groups is 2. The van der Waals surface area contributed by atoms with Gasteiger partial charge in [0, 0.05) is 12.1 Å². The predicted molar refractivity (Wildman–Crippen MR) is 139 cm³/mol. The zero-order chi connectivity index (χ0) is 25.4. The molecule has 4 aliphatic carbocycles. The van der Waals surface area contributed by atoms with Crippen molar-refractivity contribution in [1.29, 1.82) is 0 Å². The fourth-order valence-corrected chi connectivity index (χ4v) is 10.2. The maximum atomic E-state index is 13.4. The number of aliphatic hydroxyl groups excluding tert-OH is 2. The highest BCUT2D eigenvalue weighted by Crippen LogP contribution is 2.68. The van der Waals surface area contributed by atoms with Crippen molar-refractivity contribution in [3.05, 3.63) is 29.6 Å². The third-order valence-electron chi connectivity index (χ3n) is 12.2. The zero-order valence-electron chi connectivity index (χ0n) is 22.3. The molecule has 0 saturated heterocycles. The van der Waals surface area contributed by atoms with Gasteiger partial charge in [0.25, 0.3) is 0 Å². The number of rotatable bonds is 4. The lowest BCUT2D eigenvalue weighted by molar-refractivity contribution is -0.174. The lowest BCUT2D eigenvalue weighted by Crippen LogP contribution is -2.58. The average molecular weight is 498 g/mol. The summed E-state index contributed by atoms with van der Waals surface area (Å²) in [5.74, 6) is 2.97. The number of nitrogens with zero attached hydrogens (tertiary/aromatic N) is 1. The molecule has 6 rings (SSSR count). The van der Waals surface area contributed by atoms with E-state index < -0.39 is 0 Å². The summed E-state index contributed by atoms with van der Waals surface area (Å²) in [6, 6.07) is 4.70. The molecule has 0 spiro atoms. The molecule has 0 unspecified atom stereocenters. The van der Waals surface area contributed by atoms with E-state index in [2.05, 4.69) is 20.8 Å². The highest BCUT2D eigenvalue weighted by molar-refractivity contribution is 5.97. The molecule has 1 amide bonds. The summed E-state index contributed by atoms with van der Waals surface area (Å²) in [5, 5.41) is 21.8. The van der Waals surface area contributed by atoms with Gasteiger partial charge in [0.15, 0.2) is 0 Å². The van der Waals surface area contributed by atoms with Gasteiger partial charge >= 0.3 is 0 Å². The summed E-state index contributed by atoms with van der Waals surface area (Å²) in [6.07, 6.45) is 9.58. The van der Waals surface area contributed by atoms with Gasteiger partial charge in [-0.1, -0.05) is 20.8 Å². The van der Waals surface area contributed by atoms with E-state index in [1.807, 2.05) is 4.90 Å². The van der Waals surface area contributed by atoms with Crippen molar-refractivity contribution >= 4 is 11.6 Å². The topological polar surface area (TPSA) is 60.8 Å². The molecule has 5 aliphatic rings. The fraction of sp³-hybridized carbons (Fsp3) is 0.774. The average Bonchev–Trinajstić information content (AvgIpc) is 3.17. The lowest BCUT2D eigenvalue weighted by atomic mass is 9.43. The standard InChI is InChI=1S/C31H44FNO3/c1-18(4-9-28(36)33-17-19-14-21(32)5-8-26(19)33)23-6-7-24-29-25(11-13-31(23,24)3)30(2)12-10-22(34)15-20(30)16-27(29)35/h5,8,14,18,20,22-25,27,29,34-35H,4,6-7,9-13,15-17H2,1-3H3/t18-,20+,22-,23-,24+,25+,27-,29+,30+,31-/m1/s1. The molecule has 4 saturated carbocycles. The summed E-state index contributed by atoms with van der Waals surface area (Å²) >= 11 is 0. The highest BCUT2D eigenvalue weighted by Gasteiger charge is 2.62. The lowest BCUT2D eigenvalue weighted by Gasteiger charge is -2.62. The number of benzene rings is 1. The van der Waals surface area contributed by atoms with Crippen LogP contribution in [0.2, 0.25) is 0 Å². The molecule has 1 aromatic carbocycles. The molecule has 36 heavy (non-hydrogen) atoms. The maximum Gasteiger partial charge on any atom is 0.227 e. The molecule has 0 aromatic heterocycles. The third kappa shape index (κ3) is 3.70. The molecule has 10 atom stereocenters. The van der Waals surface area contributed by atoms with Crippen LogP contribution in [0.25, 0.3) is 0 Å². The minimum Gasteiger partial charge on any atom is -0.393 e. The van der Waals surface area contributed by atoms with Crippen LogP contribution in [0.4, 0.5) is 10.1 Å². The molecule has 5 heteroatoms. The first-order valence-electron chi connectivity index (χ1n) is 14.6. The first-order chi connectivity index (χ1) is 17.1. The van der Waals surface area contributed by atoms with Crippen LogP contribution in [-0.2, 0) is 11.3 Å². The largest absolute Gasteiger partial charge is 0.393 e. The minimum atomic E-state index is -0.241. The number of carbonyl (C=O) groups excluding carboxylic acids is 1. The van der Waals surface area contributed by atoms with E-state index in [1.165, 1.54) is 37.8 Å². The van der Waals surface area contributed by atoms with Gasteiger partial charge in [-0.3, -0.25) is 4.79 Å². The van der Waals surface area contributed by atoms with Crippen LogP contribution < -0.4 is 4.90 Å². The highest BCUT2D eigenvalue weighted by atomic mass is 19.1. The van der Waals surface area contributed by atoms with Crippen LogP contribution in [0.1, 0.15) is 90.5 Å². The molecule has 0 radical (unpaired) electrons. The summed E-state index contributed by atoms with van der Waals surface area (Å²) in [4.78, 5) is 14.8. The van der Waals surface area contributed by atoms with E-state index >= 15 is 0 Å². The molecule has 0 bridgehead atoms. The Morgan fingerprint density at radius 2 is 1.83 bits per heavy atom. The predicted octanol–water partition coefficient (Wildman–Crippen LogP) is 6.08. The van der Waals surface area contributed by atoms with E-state index in [-0.39, 0.29) is 34.8 Å². The van der Waals surface area contributed by atoms with Crippen molar-refractivity contribution in [3.8, 4) is 0 Å². The van der Waals surface area contributed by atoms with Crippen LogP contribution in [0.3, 0.4) is 0 Å². The number of carbonyl (C=O) groups is 1. The van der Waals surface area contributed by atoms with Crippen molar-refractivity contribution in [2.75, 3.05) is 4.90 Å². The monoisotopic (exact) mass is 497 g/mol. The minimum absolute atomic E-state index is 0.158. The second-order valence-corrected chi connectivity index (χ2v) is 13.7. The van der Waals surface area contributed by atoms with Crippen molar-refractivity contribution in [2.24, 2.45) is 46.3 Å². The van der Waals surface area contributed by atoms with Gasteiger partial charge in [-0.05, 0) is 128 Å². The van der Waals surface area contributed by atoms with Crippen molar-refractivity contribution in [2.45, 2.75) is 104 Å². The van der Waals surface area contributed by atoms with E-state index in [1.54, 1.807) is 6.07 Å². The Hall–Kier alpha value is -1.46. The van der Waals surface area contributed by atoms with E-state index in [0.29, 0.717) is 48.5 Å². The molecule has 4 fully saturated rings. The SMILES string of the molecule is C[C@H](CCC(=O)N1Cc2cc(F)ccc21)[C@H]1CC[C@H]2[C@@H]3[C@H](O)C[C@@H]4C[C@H](O)CC[C@]4(C)[C@H]3CC[C@]12C. The van der Waals surface area contributed by atoms with Gasteiger partial charge in [-0.15, -0.1) is 0 Å². The summed E-state index contributed by atoms with van der Waals surface area (Å²) in [7, 11) is 0. The Kier molecular flexibility index (Phi) is 6.07. The maximum absolute atomic E-state index is 13.4. The second kappa shape index (κ2) is 8.80. The summed E-state index contributed by atoms with van der Waals surface area (Å²) in [6.45, 7) is 7.84. The summed E-state index contributed by atoms with van der Waals surface area (Å²) < 4.78 is 13.4. The quantitative estimate of drug-likeness (QED) is 0.530. The zero-order valence-corrected chi connectivity index (χ0v) is 22.3. The van der Waals surface area contributed by atoms with Crippen LogP contribution in [0.5, 0.6) is 0 Å². The molecule has 1 heterocycles. The van der Waals surface area contributed by atoms with Crippen LogP contribution in [0.15, 0.2) is 18.2 Å². The fourth-order valence-electron chi connectivity index (χ4n) is 10.2. The molecular formula is C31H44FNO3. The number of amides is 1. The van der Waals surface area contributed by atoms with Gasteiger partial charge in [0.05, 0.1) is 18.8 Å². The van der Waals surface area contributed by atoms with Crippen LogP contribution in [0, 0.1) is 52.2 Å². The van der Waals surface area contributed by atoms with E-state index in [4.69, 9.17) is 0 Å². The number of halogens is 1. The van der Waals surface area contributed by atoms with Crippen LogP contribution >= 0.6 is 0 Å². The van der Waals surface area contributed by atoms with E-state index in [0.717, 1.165) is 43.4 Å². The van der Waals surface area contributed by atoms with E-state index in [9.17, 15) is 19.4 Å². The van der Waals surface area contributed by atoms with Crippen molar-refractivity contribution in [3.63, 3.8) is 0 Å². The van der Waals surface area contributed by atoms with Gasteiger partial charge in [-0.25, -0.2) is 4.39 Å². The Morgan fingerprint density at radius 3 is 2.61 bits per heavy atom. The second-order valence-electron chi connectivity index (χ2n) is 13.7. The van der Waals surface area contributed by atoms with Gasteiger partial charge in [0.1, 0.15) is 5.82 Å². The van der Waals surface area contributed by atoms with Gasteiger partial charge < -0.3 is 15.1 Å². The first kappa shape index (κ1) is 24.9. The Bertz CT molecular complexity index is 1030. The molecule has 4 nitrogen and oxygen atoms in total. The Morgan fingerprint density at radius 1 is 1.08 bits per heavy atom. The number of anilines is 1. The smallest absolute Gasteiger partial charge is 0.227 e. The number of hydrogen-bond acceptors (Lipinski definition) is 3. The van der Waals surface area contributed by atoms with Gasteiger partial charge in [-0.2, -0.15) is 0 Å². The molecular weight excluding hydrogens is 453 g/mol. The normalized spacial score (nSPS) is 44.1. The summed E-state index contributed by atoms with van der Waals surface area (Å²) in [5.41, 5.74) is 2.29. The van der Waals surface area contributed by atoms with Gasteiger partial charge in [0.2, 0.25) is 5.91 Å². The molecule has 198 valence electrons. The first-order valence-corrected chi connectivity index (χ1v) is 14.6. The molecule has 1 aliphatic heterocycles. The van der Waals surface area contributed by atoms with Crippen LogP contribution in [-0.4, -0.2) is 28.3 Å².